The minimum absolute atomic E-state index is 0.281. The molecule has 2 aromatic rings. The highest BCUT2D eigenvalue weighted by molar-refractivity contribution is 5.31. The summed E-state index contributed by atoms with van der Waals surface area (Å²) in [6, 6.07) is 10.2. The van der Waals surface area contributed by atoms with E-state index in [4.69, 9.17) is 0 Å². The van der Waals surface area contributed by atoms with Crippen LogP contribution in [0, 0.1) is 11.7 Å². The summed E-state index contributed by atoms with van der Waals surface area (Å²) in [6.45, 7) is 2.20. The van der Waals surface area contributed by atoms with Crippen LogP contribution in [-0.2, 0) is 12.8 Å². The van der Waals surface area contributed by atoms with Gasteiger partial charge in [0.05, 0.1) is 0 Å². The van der Waals surface area contributed by atoms with E-state index in [1.165, 1.54) is 44.2 Å². The van der Waals surface area contributed by atoms with Crippen molar-refractivity contribution >= 4 is 0 Å². The smallest absolute Gasteiger partial charge is 0.430 e. The Morgan fingerprint density at radius 2 is 1.57 bits per heavy atom. The van der Waals surface area contributed by atoms with E-state index in [-0.39, 0.29) is 5.82 Å². The summed E-state index contributed by atoms with van der Waals surface area (Å²) in [5, 5.41) is 0. The fourth-order valence-corrected chi connectivity index (χ4v) is 4.70. The first-order chi connectivity index (χ1) is 16.5. The standard InChI is InChI=1S/C27H31F7O/c1-2-3-4-18-5-10-20(11-6-18)22-14-13-21(24(28)17-22)12-7-19-8-15-23(16-9-19)35-27(33,34)25(29)26(30,31)32/h8-9,13-18,20,25H,2-7,10-12H2,1H3. The van der Waals surface area contributed by atoms with Gasteiger partial charge in [0, 0.05) is 0 Å². The van der Waals surface area contributed by atoms with Gasteiger partial charge in [-0.25, -0.2) is 8.78 Å². The van der Waals surface area contributed by atoms with Gasteiger partial charge in [-0.3, -0.25) is 0 Å². The Balaban J connectivity index is 1.53. The van der Waals surface area contributed by atoms with Gasteiger partial charge in [-0.05, 0) is 85.3 Å². The number of hydrogen-bond donors (Lipinski definition) is 0. The summed E-state index contributed by atoms with van der Waals surface area (Å²) < 4.78 is 95.1. The lowest BCUT2D eigenvalue weighted by molar-refractivity contribution is -0.304. The van der Waals surface area contributed by atoms with Gasteiger partial charge in [0.2, 0.25) is 0 Å². The first-order valence-electron chi connectivity index (χ1n) is 12.1. The van der Waals surface area contributed by atoms with Crippen molar-refractivity contribution < 1.29 is 35.5 Å². The lowest BCUT2D eigenvalue weighted by Crippen LogP contribution is -2.45. The van der Waals surface area contributed by atoms with Gasteiger partial charge in [-0.15, -0.1) is 0 Å². The predicted molar refractivity (Wildman–Crippen MR) is 121 cm³/mol. The van der Waals surface area contributed by atoms with Crippen molar-refractivity contribution in [1.29, 1.82) is 0 Å². The van der Waals surface area contributed by atoms with E-state index in [1.807, 2.05) is 6.07 Å². The quantitative estimate of drug-likeness (QED) is 0.294. The van der Waals surface area contributed by atoms with Crippen molar-refractivity contribution in [2.45, 2.75) is 89.1 Å². The average molecular weight is 505 g/mol. The molecule has 0 bridgehead atoms. The summed E-state index contributed by atoms with van der Waals surface area (Å²) in [7, 11) is 0. The normalized spacial score (nSPS) is 20.0. The molecule has 1 aliphatic rings. The molecule has 1 atom stereocenters. The van der Waals surface area contributed by atoms with Crippen molar-refractivity contribution in [2.24, 2.45) is 5.92 Å². The van der Waals surface area contributed by atoms with Crippen molar-refractivity contribution in [2.75, 3.05) is 0 Å². The van der Waals surface area contributed by atoms with Crippen LogP contribution in [0.2, 0.25) is 0 Å². The fraction of sp³-hybridized carbons (Fsp3) is 0.556. The molecule has 0 aromatic heterocycles. The number of unbranched alkanes of at least 4 members (excludes halogenated alkanes) is 1. The molecule has 0 saturated heterocycles. The zero-order valence-electron chi connectivity index (χ0n) is 19.7. The van der Waals surface area contributed by atoms with Crippen LogP contribution in [0.3, 0.4) is 0 Å². The summed E-state index contributed by atoms with van der Waals surface area (Å²) in [5.74, 6) is 0.284. The zero-order chi connectivity index (χ0) is 25.6. The molecule has 194 valence electrons. The minimum atomic E-state index is -5.74. The lowest BCUT2D eigenvalue weighted by atomic mass is 9.77. The Labute approximate surface area is 201 Å². The van der Waals surface area contributed by atoms with Crippen molar-refractivity contribution in [1.82, 2.24) is 0 Å². The highest BCUT2D eigenvalue weighted by atomic mass is 19.4. The number of benzene rings is 2. The van der Waals surface area contributed by atoms with Crippen molar-refractivity contribution in [3.8, 4) is 5.75 Å². The third-order valence-corrected chi connectivity index (χ3v) is 6.80. The van der Waals surface area contributed by atoms with Crippen LogP contribution in [0.25, 0.3) is 0 Å². The van der Waals surface area contributed by atoms with Crippen LogP contribution in [0.5, 0.6) is 5.75 Å². The second kappa shape index (κ2) is 11.7. The SMILES string of the molecule is CCCCC1CCC(c2ccc(CCc3ccc(OC(F)(F)C(F)C(F)(F)F)cc3)c(F)c2)CC1. The van der Waals surface area contributed by atoms with Crippen LogP contribution in [0.4, 0.5) is 30.7 Å². The van der Waals surface area contributed by atoms with Gasteiger partial charge in [0.25, 0.3) is 6.17 Å². The second-order valence-electron chi connectivity index (χ2n) is 9.42. The molecule has 1 nitrogen and oxygen atoms in total. The van der Waals surface area contributed by atoms with E-state index in [1.54, 1.807) is 12.1 Å². The molecule has 0 radical (unpaired) electrons. The van der Waals surface area contributed by atoms with Gasteiger partial charge in [-0.1, -0.05) is 50.5 Å². The maximum atomic E-state index is 14.7. The largest absolute Gasteiger partial charge is 0.439 e. The van der Waals surface area contributed by atoms with Gasteiger partial charge in [0.1, 0.15) is 11.6 Å². The summed E-state index contributed by atoms with van der Waals surface area (Å²) in [6.07, 6.45) is -6.19. The Hall–Kier alpha value is -2.25. The highest BCUT2D eigenvalue weighted by Crippen LogP contribution is 2.38. The molecule has 0 N–H and O–H groups in total. The molecule has 2 aromatic carbocycles. The molecular weight excluding hydrogens is 473 g/mol. The monoisotopic (exact) mass is 504 g/mol. The van der Waals surface area contributed by atoms with E-state index < -0.39 is 24.2 Å². The van der Waals surface area contributed by atoms with Crippen molar-refractivity contribution in [3.63, 3.8) is 0 Å². The first-order valence-corrected chi connectivity index (χ1v) is 12.1. The molecule has 1 unspecified atom stereocenters. The number of ether oxygens (including phenoxy) is 1. The minimum Gasteiger partial charge on any atom is -0.430 e. The second-order valence-corrected chi connectivity index (χ2v) is 9.42. The Kier molecular flexibility index (Phi) is 9.11. The molecule has 0 spiro atoms. The number of halogens is 7. The molecule has 1 aliphatic carbocycles. The summed E-state index contributed by atoms with van der Waals surface area (Å²) in [5.41, 5.74) is 2.21. The van der Waals surface area contributed by atoms with E-state index in [0.717, 1.165) is 36.5 Å². The topological polar surface area (TPSA) is 9.23 Å². The van der Waals surface area contributed by atoms with Crippen LogP contribution >= 0.6 is 0 Å². The van der Waals surface area contributed by atoms with Crippen molar-refractivity contribution in [3.05, 3.63) is 65.0 Å². The molecule has 8 heteroatoms. The van der Waals surface area contributed by atoms with E-state index in [2.05, 4.69) is 11.7 Å². The Bertz CT molecular complexity index is 932. The third-order valence-electron chi connectivity index (χ3n) is 6.80. The summed E-state index contributed by atoms with van der Waals surface area (Å²) in [4.78, 5) is 0. The number of hydrogen-bond acceptors (Lipinski definition) is 1. The molecule has 0 aliphatic heterocycles. The predicted octanol–water partition coefficient (Wildman–Crippen LogP) is 8.95. The van der Waals surface area contributed by atoms with E-state index in [9.17, 15) is 30.7 Å². The number of alkyl halides is 6. The van der Waals surface area contributed by atoms with E-state index >= 15 is 0 Å². The lowest BCUT2D eigenvalue weighted by Gasteiger charge is -2.29. The van der Waals surface area contributed by atoms with Crippen LogP contribution in [0.1, 0.15) is 74.5 Å². The Morgan fingerprint density at radius 3 is 2.14 bits per heavy atom. The maximum absolute atomic E-state index is 14.7. The van der Waals surface area contributed by atoms with Crippen LogP contribution in [-0.4, -0.2) is 18.5 Å². The zero-order valence-corrected chi connectivity index (χ0v) is 19.7. The fourth-order valence-electron chi connectivity index (χ4n) is 4.70. The number of rotatable bonds is 10. The van der Waals surface area contributed by atoms with E-state index in [0.29, 0.717) is 29.9 Å². The van der Waals surface area contributed by atoms with Gasteiger partial charge < -0.3 is 4.74 Å². The molecule has 1 fully saturated rings. The Morgan fingerprint density at radius 1 is 0.914 bits per heavy atom. The van der Waals surface area contributed by atoms with Gasteiger partial charge in [0.15, 0.2) is 0 Å². The molecule has 1 saturated carbocycles. The highest BCUT2D eigenvalue weighted by Gasteiger charge is 2.59. The number of aryl methyl sites for hydroxylation is 2. The van der Waals surface area contributed by atoms with Gasteiger partial charge >= 0.3 is 12.3 Å². The third kappa shape index (κ3) is 7.61. The van der Waals surface area contributed by atoms with Crippen LogP contribution in [0.15, 0.2) is 42.5 Å². The molecule has 3 rings (SSSR count). The van der Waals surface area contributed by atoms with Crippen LogP contribution < -0.4 is 4.74 Å². The maximum Gasteiger partial charge on any atom is 0.439 e. The average Bonchev–Trinajstić information content (AvgIpc) is 2.82. The summed E-state index contributed by atoms with van der Waals surface area (Å²) >= 11 is 0. The molecular formula is C27H31F7O. The first kappa shape index (κ1) is 27.3. The van der Waals surface area contributed by atoms with Gasteiger partial charge in [-0.2, -0.15) is 22.0 Å². The molecule has 35 heavy (non-hydrogen) atoms. The molecule has 0 heterocycles. The molecule has 0 amide bonds.